The first kappa shape index (κ1) is 12.8. The maximum atomic E-state index is 8.97. The molecule has 2 nitrogen and oxygen atoms in total. The molecule has 0 radical (unpaired) electrons. The van der Waals surface area contributed by atoms with Gasteiger partial charge in [-0.15, -0.1) is 0 Å². The molecule has 2 atom stereocenters. The lowest BCUT2D eigenvalue weighted by Crippen LogP contribution is -2.39. The minimum absolute atomic E-state index is 0.0551. The molecule has 1 heterocycles. The summed E-state index contributed by atoms with van der Waals surface area (Å²) in [6, 6.07) is 0. The van der Waals surface area contributed by atoms with Gasteiger partial charge in [-0.2, -0.15) is 0 Å². The Hall–Kier alpha value is -0.600. The third-order valence-corrected chi connectivity index (χ3v) is 4.32. The van der Waals surface area contributed by atoms with Crippen molar-refractivity contribution in [1.82, 2.24) is 0 Å². The average molecular weight is 236 g/mol. The Morgan fingerprint density at radius 3 is 2.76 bits per heavy atom. The van der Waals surface area contributed by atoms with Crippen molar-refractivity contribution >= 4 is 0 Å². The highest BCUT2D eigenvalue weighted by molar-refractivity contribution is 5.35. The summed E-state index contributed by atoms with van der Waals surface area (Å²) in [5, 5.41) is 8.97. The third kappa shape index (κ3) is 2.21. The highest BCUT2D eigenvalue weighted by Crippen LogP contribution is 2.51. The molecule has 17 heavy (non-hydrogen) atoms. The van der Waals surface area contributed by atoms with Crippen LogP contribution in [-0.2, 0) is 4.74 Å². The maximum Gasteiger partial charge on any atom is 0.0980 e. The van der Waals surface area contributed by atoms with Gasteiger partial charge in [-0.25, -0.2) is 0 Å². The molecule has 96 valence electrons. The Balaban J connectivity index is 2.30. The van der Waals surface area contributed by atoms with Gasteiger partial charge in [0.15, 0.2) is 0 Å². The number of fused-ring (bicyclic) bond motifs is 1. The fraction of sp³-hybridized carbons (Fsp3) is 0.733. The lowest BCUT2D eigenvalue weighted by Gasteiger charge is -2.42. The van der Waals surface area contributed by atoms with Gasteiger partial charge in [-0.1, -0.05) is 19.9 Å². The molecule has 0 aromatic carbocycles. The van der Waals surface area contributed by atoms with E-state index in [0.717, 1.165) is 12.0 Å². The van der Waals surface area contributed by atoms with Crippen LogP contribution in [0.25, 0.3) is 0 Å². The molecule has 0 aromatic rings. The van der Waals surface area contributed by atoms with Crippen LogP contribution in [-0.4, -0.2) is 23.4 Å². The molecule has 1 fully saturated rings. The van der Waals surface area contributed by atoms with Crippen LogP contribution < -0.4 is 0 Å². The van der Waals surface area contributed by atoms with E-state index >= 15 is 0 Å². The number of aliphatic hydroxyl groups excluding tert-OH is 1. The van der Waals surface area contributed by atoms with Crippen LogP contribution in [0, 0.1) is 5.41 Å². The number of aliphatic hydroxyl groups is 1. The molecule has 1 aliphatic carbocycles. The molecule has 0 saturated heterocycles. The van der Waals surface area contributed by atoms with Crippen LogP contribution in [0.3, 0.4) is 0 Å². The minimum Gasteiger partial charge on any atom is -0.392 e. The van der Waals surface area contributed by atoms with Gasteiger partial charge in [-0.05, 0) is 55.7 Å². The van der Waals surface area contributed by atoms with Gasteiger partial charge in [0.05, 0.1) is 18.3 Å². The molecule has 0 bridgehead atoms. The first-order valence-corrected chi connectivity index (χ1v) is 6.57. The number of rotatable bonds is 2. The molecular formula is C15H24O2. The van der Waals surface area contributed by atoms with E-state index in [-0.39, 0.29) is 23.7 Å². The van der Waals surface area contributed by atoms with Crippen molar-refractivity contribution in [3.05, 3.63) is 23.3 Å². The number of hydrogen-bond acceptors (Lipinski definition) is 2. The second kappa shape index (κ2) is 4.25. The van der Waals surface area contributed by atoms with Crippen LogP contribution in [0.2, 0.25) is 0 Å². The summed E-state index contributed by atoms with van der Waals surface area (Å²) < 4.78 is 6.23. The monoisotopic (exact) mass is 236 g/mol. The van der Waals surface area contributed by atoms with E-state index in [4.69, 9.17) is 9.84 Å². The Morgan fingerprint density at radius 1 is 1.47 bits per heavy atom. The van der Waals surface area contributed by atoms with E-state index in [1.54, 1.807) is 0 Å². The van der Waals surface area contributed by atoms with Crippen molar-refractivity contribution in [2.45, 2.75) is 58.7 Å². The summed E-state index contributed by atoms with van der Waals surface area (Å²) >= 11 is 0. The second-order valence-corrected chi connectivity index (χ2v) is 6.22. The quantitative estimate of drug-likeness (QED) is 0.746. The molecule has 0 aromatic heterocycles. The van der Waals surface area contributed by atoms with Crippen molar-refractivity contribution < 1.29 is 9.84 Å². The fourth-order valence-corrected chi connectivity index (χ4v) is 3.33. The van der Waals surface area contributed by atoms with E-state index in [9.17, 15) is 0 Å². The molecule has 1 saturated carbocycles. The van der Waals surface area contributed by atoms with Gasteiger partial charge in [-0.3, -0.25) is 0 Å². The van der Waals surface area contributed by atoms with Gasteiger partial charge < -0.3 is 9.84 Å². The van der Waals surface area contributed by atoms with Crippen molar-refractivity contribution in [3.63, 3.8) is 0 Å². The predicted octanol–water partition coefficient (Wildman–Crippen LogP) is 3.22. The molecule has 2 aliphatic rings. The first-order valence-electron chi connectivity index (χ1n) is 6.57. The number of ether oxygens (including phenoxy) is 1. The van der Waals surface area contributed by atoms with Crippen LogP contribution in [0.5, 0.6) is 0 Å². The minimum atomic E-state index is -0.0863. The fourth-order valence-electron chi connectivity index (χ4n) is 3.33. The molecule has 1 N–H and O–H groups in total. The van der Waals surface area contributed by atoms with Gasteiger partial charge in [0.2, 0.25) is 0 Å². The summed E-state index contributed by atoms with van der Waals surface area (Å²) in [5.74, 6) is 0. The van der Waals surface area contributed by atoms with E-state index in [2.05, 4.69) is 26.8 Å². The number of hydrogen-bond donors (Lipinski definition) is 1. The topological polar surface area (TPSA) is 29.5 Å². The van der Waals surface area contributed by atoms with Crippen LogP contribution in [0.15, 0.2) is 23.3 Å². The second-order valence-electron chi connectivity index (χ2n) is 6.22. The third-order valence-electron chi connectivity index (χ3n) is 4.32. The Bertz CT molecular complexity index is 365. The predicted molar refractivity (Wildman–Crippen MR) is 69.8 cm³/mol. The van der Waals surface area contributed by atoms with Gasteiger partial charge >= 0.3 is 0 Å². The average Bonchev–Trinajstić information content (AvgIpc) is 2.57. The molecule has 1 aliphatic heterocycles. The zero-order valence-corrected chi connectivity index (χ0v) is 11.4. The molecule has 0 amide bonds. The summed E-state index contributed by atoms with van der Waals surface area (Å²) in [7, 11) is 0. The van der Waals surface area contributed by atoms with Gasteiger partial charge in [0.25, 0.3) is 0 Å². The van der Waals surface area contributed by atoms with E-state index in [1.165, 1.54) is 18.4 Å². The lowest BCUT2D eigenvalue weighted by molar-refractivity contribution is -0.0309. The highest BCUT2D eigenvalue weighted by atomic mass is 16.5. The zero-order chi connectivity index (χ0) is 12.7. The van der Waals surface area contributed by atoms with Crippen LogP contribution in [0.1, 0.15) is 47.0 Å². The van der Waals surface area contributed by atoms with Crippen LogP contribution in [0.4, 0.5) is 0 Å². The summed E-state index contributed by atoms with van der Waals surface area (Å²) in [6.45, 7) is 8.97. The van der Waals surface area contributed by atoms with Crippen molar-refractivity contribution in [3.8, 4) is 0 Å². The largest absolute Gasteiger partial charge is 0.392 e. The molecule has 2 heteroatoms. The van der Waals surface area contributed by atoms with Gasteiger partial charge in [0.1, 0.15) is 0 Å². The van der Waals surface area contributed by atoms with Crippen LogP contribution >= 0.6 is 0 Å². The van der Waals surface area contributed by atoms with E-state index < -0.39 is 0 Å². The summed E-state index contributed by atoms with van der Waals surface area (Å²) in [6.07, 6.45) is 7.77. The lowest BCUT2D eigenvalue weighted by atomic mass is 9.67. The SMILES string of the molecule is C/C(=C\CO)C1C=C2C(C)(C)CCCC2(C)O1. The highest BCUT2D eigenvalue weighted by Gasteiger charge is 2.47. The molecule has 0 spiro atoms. The molecule has 2 unspecified atom stereocenters. The Labute approximate surface area is 104 Å². The normalized spacial score (nSPS) is 36.6. The van der Waals surface area contributed by atoms with Crippen molar-refractivity contribution in [2.75, 3.05) is 6.61 Å². The smallest absolute Gasteiger partial charge is 0.0980 e. The molecular weight excluding hydrogens is 212 g/mol. The van der Waals surface area contributed by atoms with Crippen molar-refractivity contribution in [1.29, 1.82) is 0 Å². The Kier molecular flexibility index (Phi) is 3.21. The zero-order valence-electron chi connectivity index (χ0n) is 11.4. The van der Waals surface area contributed by atoms with Crippen molar-refractivity contribution in [2.24, 2.45) is 5.41 Å². The Morgan fingerprint density at radius 2 is 2.18 bits per heavy atom. The summed E-state index contributed by atoms with van der Waals surface area (Å²) in [5.41, 5.74) is 2.73. The first-order chi connectivity index (χ1) is 7.89. The molecule has 2 rings (SSSR count). The van der Waals surface area contributed by atoms with Gasteiger partial charge in [0, 0.05) is 0 Å². The maximum absolute atomic E-state index is 8.97. The summed E-state index contributed by atoms with van der Waals surface area (Å²) in [4.78, 5) is 0. The van der Waals surface area contributed by atoms with E-state index in [0.29, 0.717) is 0 Å². The standard InChI is InChI=1S/C15H24O2/c1-11(6-9-16)12-10-13-14(2,3)7-5-8-15(13,4)17-12/h6,10,12,16H,5,7-9H2,1-4H3/b11-6+. The van der Waals surface area contributed by atoms with E-state index in [1.807, 2.05) is 13.0 Å².